The molecule has 0 heterocycles. The molecule has 1 saturated carbocycles. The average molecular weight is 212 g/mol. The van der Waals surface area contributed by atoms with Gasteiger partial charge in [0.1, 0.15) is 5.75 Å². The van der Waals surface area contributed by atoms with Crippen molar-refractivity contribution < 1.29 is 13.5 Å². The standard InChI is InChI=1S/C12H14F2O/c13-12(14)15-11-7-3-6-10(8-11)9-4-1-2-5-9/h3,6-9,12H,1-2,4-5H2. The number of alkyl halides is 2. The van der Waals surface area contributed by atoms with Crippen molar-refractivity contribution in [3.63, 3.8) is 0 Å². The highest BCUT2D eigenvalue weighted by Crippen LogP contribution is 2.35. The second-order valence-corrected chi connectivity index (χ2v) is 3.93. The maximum absolute atomic E-state index is 12.0. The van der Waals surface area contributed by atoms with Crippen LogP contribution in [0.2, 0.25) is 0 Å². The molecular formula is C12H14F2O. The van der Waals surface area contributed by atoms with Crippen LogP contribution in [0.4, 0.5) is 8.78 Å². The molecule has 0 N–H and O–H groups in total. The van der Waals surface area contributed by atoms with Gasteiger partial charge in [-0.25, -0.2) is 0 Å². The zero-order valence-electron chi connectivity index (χ0n) is 8.46. The van der Waals surface area contributed by atoms with Crippen LogP contribution in [0.15, 0.2) is 24.3 Å². The smallest absolute Gasteiger partial charge is 0.387 e. The van der Waals surface area contributed by atoms with Gasteiger partial charge in [-0.05, 0) is 36.5 Å². The van der Waals surface area contributed by atoms with Crippen molar-refractivity contribution in [3.05, 3.63) is 29.8 Å². The topological polar surface area (TPSA) is 9.23 Å². The Morgan fingerprint density at radius 3 is 2.60 bits per heavy atom. The van der Waals surface area contributed by atoms with Gasteiger partial charge in [0, 0.05) is 0 Å². The first kappa shape index (κ1) is 10.4. The minimum Gasteiger partial charge on any atom is -0.435 e. The molecule has 1 nitrogen and oxygen atoms in total. The summed E-state index contributed by atoms with van der Waals surface area (Å²) in [6.07, 6.45) is 4.81. The molecule has 82 valence electrons. The fourth-order valence-corrected chi connectivity index (χ4v) is 2.20. The molecular weight excluding hydrogens is 198 g/mol. The Morgan fingerprint density at radius 1 is 1.20 bits per heavy atom. The first-order valence-corrected chi connectivity index (χ1v) is 5.30. The molecule has 0 aromatic heterocycles. The summed E-state index contributed by atoms with van der Waals surface area (Å²) in [5.74, 6) is 0.806. The molecule has 0 bridgehead atoms. The molecule has 1 aromatic rings. The minimum atomic E-state index is -2.73. The van der Waals surface area contributed by atoms with Crippen molar-refractivity contribution in [1.82, 2.24) is 0 Å². The molecule has 1 fully saturated rings. The van der Waals surface area contributed by atoms with Crippen molar-refractivity contribution in [3.8, 4) is 5.75 Å². The van der Waals surface area contributed by atoms with Gasteiger partial charge in [0.25, 0.3) is 0 Å². The van der Waals surface area contributed by atoms with E-state index in [9.17, 15) is 8.78 Å². The Hall–Kier alpha value is -1.12. The molecule has 0 spiro atoms. The van der Waals surface area contributed by atoms with E-state index in [1.165, 1.54) is 12.8 Å². The third-order valence-electron chi connectivity index (χ3n) is 2.91. The van der Waals surface area contributed by atoms with Gasteiger partial charge in [-0.1, -0.05) is 25.0 Å². The minimum absolute atomic E-state index is 0.273. The molecule has 1 aliphatic rings. The van der Waals surface area contributed by atoms with Gasteiger partial charge in [-0.15, -0.1) is 0 Å². The largest absolute Gasteiger partial charge is 0.435 e. The lowest BCUT2D eigenvalue weighted by Crippen LogP contribution is -2.02. The highest BCUT2D eigenvalue weighted by atomic mass is 19.3. The highest BCUT2D eigenvalue weighted by molar-refractivity contribution is 5.31. The quantitative estimate of drug-likeness (QED) is 0.737. The Kier molecular flexibility index (Phi) is 3.19. The molecule has 2 rings (SSSR count). The predicted octanol–water partition coefficient (Wildman–Crippen LogP) is 3.95. The highest BCUT2D eigenvalue weighted by Gasteiger charge is 2.17. The van der Waals surface area contributed by atoms with Crippen LogP contribution in [0.25, 0.3) is 0 Å². The summed E-state index contributed by atoms with van der Waals surface area (Å²) in [4.78, 5) is 0. The van der Waals surface area contributed by atoms with Crippen LogP contribution in [0.3, 0.4) is 0 Å². The lowest BCUT2D eigenvalue weighted by molar-refractivity contribution is -0.0498. The van der Waals surface area contributed by atoms with Gasteiger partial charge in [0.15, 0.2) is 0 Å². The van der Waals surface area contributed by atoms with Crippen LogP contribution in [0.5, 0.6) is 5.75 Å². The van der Waals surface area contributed by atoms with E-state index in [0.717, 1.165) is 18.4 Å². The van der Waals surface area contributed by atoms with Gasteiger partial charge in [0.05, 0.1) is 0 Å². The molecule has 1 aliphatic carbocycles. The summed E-state index contributed by atoms with van der Waals surface area (Å²) >= 11 is 0. The normalized spacial score (nSPS) is 17.3. The van der Waals surface area contributed by atoms with Crippen LogP contribution in [0.1, 0.15) is 37.2 Å². The monoisotopic (exact) mass is 212 g/mol. The van der Waals surface area contributed by atoms with Crippen molar-refractivity contribution in [2.45, 2.75) is 38.2 Å². The summed E-state index contributed by atoms with van der Waals surface area (Å²) < 4.78 is 28.4. The second-order valence-electron chi connectivity index (χ2n) is 3.93. The maximum atomic E-state index is 12.0. The maximum Gasteiger partial charge on any atom is 0.387 e. The molecule has 15 heavy (non-hydrogen) atoms. The number of rotatable bonds is 3. The van der Waals surface area contributed by atoms with E-state index in [1.54, 1.807) is 18.2 Å². The Balaban J connectivity index is 2.11. The second kappa shape index (κ2) is 4.60. The molecule has 1 aromatic carbocycles. The Bertz CT molecular complexity index is 319. The molecule has 0 saturated heterocycles. The first-order chi connectivity index (χ1) is 7.25. The van der Waals surface area contributed by atoms with Crippen molar-refractivity contribution in [2.24, 2.45) is 0 Å². The van der Waals surface area contributed by atoms with E-state index in [4.69, 9.17) is 0 Å². The van der Waals surface area contributed by atoms with Crippen molar-refractivity contribution in [1.29, 1.82) is 0 Å². The summed E-state index contributed by atoms with van der Waals surface area (Å²) in [7, 11) is 0. The third kappa shape index (κ3) is 2.67. The number of benzene rings is 1. The summed E-state index contributed by atoms with van der Waals surface area (Å²) in [6.45, 7) is -2.73. The lowest BCUT2D eigenvalue weighted by atomic mass is 9.98. The van der Waals surface area contributed by atoms with E-state index < -0.39 is 6.61 Å². The van der Waals surface area contributed by atoms with Gasteiger partial charge in [-0.2, -0.15) is 8.78 Å². The number of ether oxygens (including phenoxy) is 1. The molecule has 0 aliphatic heterocycles. The summed E-state index contributed by atoms with van der Waals surface area (Å²) in [5, 5.41) is 0. The first-order valence-electron chi connectivity index (χ1n) is 5.30. The van der Waals surface area contributed by atoms with Crippen molar-refractivity contribution >= 4 is 0 Å². The van der Waals surface area contributed by atoms with Crippen molar-refractivity contribution in [2.75, 3.05) is 0 Å². The van der Waals surface area contributed by atoms with Crippen LogP contribution in [-0.4, -0.2) is 6.61 Å². The SMILES string of the molecule is FC(F)Oc1cccc(C2CCCC2)c1. The van der Waals surface area contributed by atoms with Crippen LogP contribution < -0.4 is 4.74 Å². The van der Waals surface area contributed by atoms with Gasteiger partial charge < -0.3 is 4.74 Å². The van der Waals surface area contributed by atoms with Gasteiger partial charge >= 0.3 is 6.61 Å². The van der Waals surface area contributed by atoms with Gasteiger partial charge in [0.2, 0.25) is 0 Å². The Labute approximate surface area is 88.1 Å². The molecule has 3 heteroatoms. The van der Waals surface area contributed by atoms with E-state index in [2.05, 4.69) is 4.74 Å². The van der Waals surface area contributed by atoms with Crippen LogP contribution in [-0.2, 0) is 0 Å². The molecule has 0 atom stereocenters. The average Bonchev–Trinajstić information content (AvgIpc) is 2.69. The number of halogens is 2. The van der Waals surface area contributed by atoms with Gasteiger partial charge in [-0.3, -0.25) is 0 Å². The lowest BCUT2D eigenvalue weighted by Gasteiger charge is -2.11. The zero-order valence-corrected chi connectivity index (χ0v) is 8.46. The van der Waals surface area contributed by atoms with Crippen LogP contribution in [0, 0.1) is 0 Å². The predicted molar refractivity (Wildman–Crippen MR) is 54.3 cm³/mol. The molecule has 0 unspecified atom stereocenters. The summed E-state index contributed by atoms with van der Waals surface area (Å²) in [6, 6.07) is 7.09. The number of hydrogen-bond acceptors (Lipinski definition) is 1. The molecule has 0 radical (unpaired) electrons. The van der Waals surface area contributed by atoms with E-state index in [-0.39, 0.29) is 5.75 Å². The number of hydrogen-bond donors (Lipinski definition) is 0. The Morgan fingerprint density at radius 2 is 1.93 bits per heavy atom. The van der Waals surface area contributed by atoms with E-state index >= 15 is 0 Å². The molecule has 0 amide bonds. The zero-order chi connectivity index (χ0) is 10.7. The van der Waals surface area contributed by atoms with Crippen LogP contribution >= 0.6 is 0 Å². The van der Waals surface area contributed by atoms with E-state index in [1.807, 2.05) is 6.07 Å². The third-order valence-corrected chi connectivity index (χ3v) is 2.91. The van der Waals surface area contributed by atoms with E-state index in [0.29, 0.717) is 5.92 Å². The summed E-state index contributed by atoms with van der Waals surface area (Å²) in [5.41, 5.74) is 1.13. The fraction of sp³-hybridized carbons (Fsp3) is 0.500. The fourth-order valence-electron chi connectivity index (χ4n) is 2.20.